The molecule has 0 fully saturated rings. The van der Waals surface area contributed by atoms with Crippen molar-refractivity contribution in [3.05, 3.63) is 12.7 Å². The van der Waals surface area contributed by atoms with Crippen LogP contribution in [0.3, 0.4) is 0 Å². The predicted octanol–water partition coefficient (Wildman–Crippen LogP) is 1.59. The molecule has 0 saturated carbocycles. The standard InChI is InChI=1S/C13H25N3O2/c1-3-10-15-13(14)16-11-8-6-4-5-7-9-12(17)18-2/h3H,1,4-11H2,2H3,(H3,14,15,16). The quantitative estimate of drug-likeness (QED) is 0.204. The Morgan fingerprint density at radius 3 is 2.67 bits per heavy atom. The van der Waals surface area contributed by atoms with E-state index in [1.54, 1.807) is 6.08 Å². The van der Waals surface area contributed by atoms with Crippen LogP contribution in [0.2, 0.25) is 0 Å². The molecule has 3 N–H and O–H groups in total. The summed E-state index contributed by atoms with van der Waals surface area (Å²) >= 11 is 0. The third-order valence-electron chi connectivity index (χ3n) is 2.48. The number of hydrogen-bond acceptors (Lipinski definition) is 3. The predicted molar refractivity (Wildman–Crippen MR) is 74.4 cm³/mol. The van der Waals surface area contributed by atoms with Crippen molar-refractivity contribution >= 4 is 11.9 Å². The van der Waals surface area contributed by atoms with Crippen LogP contribution in [0.15, 0.2) is 17.6 Å². The zero-order valence-corrected chi connectivity index (χ0v) is 11.3. The molecule has 5 nitrogen and oxygen atoms in total. The van der Waals surface area contributed by atoms with Gasteiger partial charge in [-0.15, -0.1) is 6.58 Å². The molecule has 0 rings (SSSR count). The van der Waals surface area contributed by atoms with Gasteiger partial charge in [-0.3, -0.25) is 9.79 Å². The van der Waals surface area contributed by atoms with Gasteiger partial charge in [-0.25, -0.2) is 0 Å². The van der Waals surface area contributed by atoms with Crippen LogP contribution in [0, 0.1) is 0 Å². The molecule has 0 heterocycles. The van der Waals surface area contributed by atoms with E-state index < -0.39 is 0 Å². The summed E-state index contributed by atoms with van der Waals surface area (Å²) in [4.78, 5) is 15.0. The molecule has 18 heavy (non-hydrogen) atoms. The average Bonchev–Trinajstić information content (AvgIpc) is 2.38. The van der Waals surface area contributed by atoms with Crippen molar-refractivity contribution in [2.24, 2.45) is 10.7 Å². The SMILES string of the molecule is C=CCNC(N)=NCCCCCCCC(=O)OC. The van der Waals surface area contributed by atoms with Crippen LogP contribution in [0.5, 0.6) is 0 Å². The van der Waals surface area contributed by atoms with Crippen LogP contribution in [0.4, 0.5) is 0 Å². The number of guanidine groups is 1. The lowest BCUT2D eigenvalue weighted by Gasteiger charge is -2.02. The fraction of sp³-hybridized carbons (Fsp3) is 0.692. The van der Waals surface area contributed by atoms with Crippen molar-refractivity contribution in [2.75, 3.05) is 20.2 Å². The number of esters is 1. The maximum atomic E-state index is 10.8. The van der Waals surface area contributed by atoms with Gasteiger partial charge < -0.3 is 15.8 Å². The second kappa shape index (κ2) is 12.0. The minimum atomic E-state index is -0.124. The van der Waals surface area contributed by atoms with Gasteiger partial charge in [0.05, 0.1) is 7.11 Å². The third kappa shape index (κ3) is 11.0. The number of nitrogens with zero attached hydrogens (tertiary/aromatic N) is 1. The largest absolute Gasteiger partial charge is 0.469 e. The fourth-order valence-corrected chi connectivity index (χ4v) is 1.45. The Morgan fingerprint density at radius 2 is 2.00 bits per heavy atom. The van der Waals surface area contributed by atoms with Gasteiger partial charge in [0.25, 0.3) is 0 Å². The second-order valence-corrected chi connectivity index (χ2v) is 4.03. The number of nitrogens with two attached hydrogens (primary N) is 1. The summed E-state index contributed by atoms with van der Waals surface area (Å²) in [5.74, 6) is 0.348. The molecular formula is C13H25N3O2. The highest BCUT2D eigenvalue weighted by molar-refractivity contribution is 5.77. The molecule has 0 atom stereocenters. The molecule has 5 heteroatoms. The highest BCUT2D eigenvalue weighted by Crippen LogP contribution is 2.05. The highest BCUT2D eigenvalue weighted by Gasteiger charge is 1.98. The first kappa shape index (κ1) is 16.5. The van der Waals surface area contributed by atoms with E-state index in [4.69, 9.17) is 5.73 Å². The van der Waals surface area contributed by atoms with Gasteiger partial charge in [-0.2, -0.15) is 0 Å². The average molecular weight is 255 g/mol. The van der Waals surface area contributed by atoms with Crippen LogP contribution in [0.1, 0.15) is 38.5 Å². The van der Waals surface area contributed by atoms with Crippen LogP contribution in [-0.2, 0) is 9.53 Å². The summed E-state index contributed by atoms with van der Waals surface area (Å²) in [5, 5.41) is 2.92. The Balaban J connectivity index is 3.30. The normalized spacial score (nSPS) is 11.1. The molecule has 0 unspecified atom stereocenters. The highest BCUT2D eigenvalue weighted by atomic mass is 16.5. The number of methoxy groups -OCH3 is 1. The maximum absolute atomic E-state index is 10.8. The van der Waals surface area contributed by atoms with Crippen LogP contribution in [0.25, 0.3) is 0 Å². The zero-order valence-electron chi connectivity index (χ0n) is 11.3. The lowest BCUT2D eigenvalue weighted by Crippen LogP contribution is -2.31. The summed E-state index contributed by atoms with van der Waals surface area (Å²) in [6.07, 6.45) is 7.47. The number of carbonyl (C=O) groups excluding carboxylic acids is 1. The Kier molecular flexibility index (Phi) is 10.9. The molecule has 0 amide bonds. The molecule has 0 saturated heterocycles. The number of ether oxygens (including phenoxy) is 1. The first-order chi connectivity index (χ1) is 8.70. The van der Waals surface area contributed by atoms with Crippen molar-refractivity contribution in [3.63, 3.8) is 0 Å². The van der Waals surface area contributed by atoms with E-state index in [2.05, 4.69) is 21.6 Å². The topological polar surface area (TPSA) is 76.7 Å². The summed E-state index contributed by atoms with van der Waals surface area (Å²) in [7, 11) is 1.42. The minimum Gasteiger partial charge on any atom is -0.469 e. The Morgan fingerprint density at radius 1 is 1.33 bits per heavy atom. The van der Waals surface area contributed by atoms with Crippen LogP contribution >= 0.6 is 0 Å². The Bertz CT molecular complexity index is 265. The number of nitrogens with one attached hydrogen (secondary N) is 1. The van der Waals surface area contributed by atoms with Gasteiger partial charge in [0.1, 0.15) is 0 Å². The van der Waals surface area contributed by atoms with Crippen LogP contribution in [-0.4, -0.2) is 32.1 Å². The van der Waals surface area contributed by atoms with E-state index in [-0.39, 0.29) is 5.97 Å². The van der Waals surface area contributed by atoms with E-state index in [1.165, 1.54) is 7.11 Å². The zero-order chi connectivity index (χ0) is 13.6. The number of rotatable bonds is 10. The van der Waals surface area contributed by atoms with E-state index in [0.29, 0.717) is 18.9 Å². The van der Waals surface area contributed by atoms with Gasteiger partial charge in [0, 0.05) is 19.5 Å². The van der Waals surface area contributed by atoms with Crippen molar-refractivity contribution in [2.45, 2.75) is 38.5 Å². The molecule has 0 bridgehead atoms. The van der Waals surface area contributed by atoms with E-state index >= 15 is 0 Å². The first-order valence-electron chi connectivity index (χ1n) is 6.42. The molecular weight excluding hydrogens is 230 g/mol. The molecule has 0 aromatic rings. The summed E-state index contributed by atoms with van der Waals surface area (Å²) in [6, 6.07) is 0. The molecule has 0 spiro atoms. The summed E-state index contributed by atoms with van der Waals surface area (Å²) in [5.41, 5.74) is 5.61. The van der Waals surface area contributed by atoms with Gasteiger partial charge in [0.15, 0.2) is 5.96 Å². The monoisotopic (exact) mass is 255 g/mol. The van der Waals surface area contributed by atoms with Crippen molar-refractivity contribution in [3.8, 4) is 0 Å². The van der Waals surface area contributed by atoms with Crippen molar-refractivity contribution < 1.29 is 9.53 Å². The van der Waals surface area contributed by atoms with Gasteiger partial charge >= 0.3 is 5.97 Å². The third-order valence-corrected chi connectivity index (χ3v) is 2.48. The van der Waals surface area contributed by atoms with Gasteiger partial charge in [0.2, 0.25) is 0 Å². The minimum absolute atomic E-state index is 0.124. The molecule has 0 aliphatic heterocycles. The lowest BCUT2D eigenvalue weighted by molar-refractivity contribution is -0.140. The van der Waals surface area contributed by atoms with Gasteiger partial charge in [-0.05, 0) is 12.8 Å². The Hall–Kier alpha value is -1.52. The molecule has 104 valence electrons. The number of unbranched alkanes of at least 4 members (excludes halogenated alkanes) is 4. The van der Waals surface area contributed by atoms with Crippen molar-refractivity contribution in [1.82, 2.24) is 5.32 Å². The molecule has 0 radical (unpaired) electrons. The van der Waals surface area contributed by atoms with Gasteiger partial charge in [-0.1, -0.05) is 25.3 Å². The smallest absolute Gasteiger partial charge is 0.305 e. The van der Waals surface area contributed by atoms with E-state index in [0.717, 1.165) is 38.6 Å². The molecule has 0 aromatic heterocycles. The number of carbonyl (C=O) groups is 1. The van der Waals surface area contributed by atoms with E-state index in [9.17, 15) is 4.79 Å². The maximum Gasteiger partial charge on any atom is 0.305 e. The van der Waals surface area contributed by atoms with E-state index in [1.807, 2.05) is 0 Å². The summed E-state index contributed by atoms with van der Waals surface area (Å²) in [6.45, 7) is 4.97. The Labute approximate surface area is 109 Å². The lowest BCUT2D eigenvalue weighted by atomic mass is 10.1. The fourth-order valence-electron chi connectivity index (χ4n) is 1.45. The molecule has 0 aromatic carbocycles. The summed E-state index contributed by atoms with van der Waals surface area (Å²) < 4.78 is 4.57. The number of aliphatic imine (C=N–C) groups is 1. The van der Waals surface area contributed by atoms with Crippen LogP contribution < -0.4 is 11.1 Å². The molecule has 0 aliphatic carbocycles. The number of hydrogen-bond donors (Lipinski definition) is 2. The molecule has 0 aliphatic rings. The first-order valence-corrected chi connectivity index (χ1v) is 6.42. The second-order valence-electron chi connectivity index (χ2n) is 4.03. The van der Waals surface area contributed by atoms with Crippen molar-refractivity contribution in [1.29, 1.82) is 0 Å².